The molecule has 7 heteroatoms. The lowest BCUT2D eigenvalue weighted by atomic mass is 10.1. The number of nitrogens with two attached hydrogens (primary N) is 2. The lowest BCUT2D eigenvalue weighted by Crippen LogP contribution is -2.21. The van der Waals surface area contributed by atoms with Crippen molar-refractivity contribution in [3.8, 4) is 22.8 Å². The van der Waals surface area contributed by atoms with Crippen molar-refractivity contribution in [2.75, 3.05) is 0 Å². The number of benzene rings is 2. The highest BCUT2D eigenvalue weighted by Gasteiger charge is 2.03. The SMILES string of the molecule is NC(N)=Nc1ccc(-c2cccc(Oc3ccnc(Cl)n3)c2)cc1. The summed E-state index contributed by atoms with van der Waals surface area (Å²) in [7, 11) is 0. The highest BCUT2D eigenvalue weighted by atomic mass is 35.5. The molecule has 0 spiro atoms. The van der Waals surface area contributed by atoms with E-state index in [-0.39, 0.29) is 11.2 Å². The number of halogens is 1. The molecular weight excluding hydrogens is 326 g/mol. The van der Waals surface area contributed by atoms with Crippen LogP contribution in [0, 0.1) is 0 Å². The molecule has 0 atom stereocenters. The molecule has 0 aliphatic heterocycles. The van der Waals surface area contributed by atoms with Gasteiger partial charge in [-0.2, -0.15) is 4.98 Å². The van der Waals surface area contributed by atoms with E-state index in [1.54, 1.807) is 6.07 Å². The van der Waals surface area contributed by atoms with Gasteiger partial charge in [-0.1, -0.05) is 24.3 Å². The van der Waals surface area contributed by atoms with Gasteiger partial charge < -0.3 is 16.2 Å². The molecule has 4 N–H and O–H groups in total. The zero-order chi connectivity index (χ0) is 16.9. The molecule has 0 amide bonds. The first kappa shape index (κ1) is 15.8. The van der Waals surface area contributed by atoms with Crippen molar-refractivity contribution in [1.29, 1.82) is 0 Å². The number of rotatable bonds is 4. The molecule has 0 aliphatic rings. The van der Waals surface area contributed by atoms with Crippen LogP contribution in [-0.2, 0) is 0 Å². The molecule has 0 fully saturated rings. The van der Waals surface area contributed by atoms with Crippen LogP contribution < -0.4 is 16.2 Å². The van der Waals surface area contributed by atoms with E-state index in [0.717, 1.165) is 11.1 Å². The molecule has 0 saturated heterocycles. The molecule has 0 saturated carbocycles. The largest absolute Gasteiger partial charge is 0.439 e. The Labute approximate surface area is 143 Å². The lowest BCUT2D eigenvalue weighted by Gasteiger charge is -2.07. The van der Waals surface area contributed by atoms with Gasteiger partial charge in [0.05, 0.1) is 5.69 Å². The van der Waals surface area contributed by atoms with Gasteiger partial charge in [-0.15, -0.1) is 0 Å². The third kappa shape index (κ3) is 3.99. The summed E-state index contributed by atoms with van der Waals surface area (Å²) in [5.41, 5.74) is 13.4. The van der Waals surface area contributed by atoms with E-state index in [1.807, 2.05) is 48.5 Å². The standard InChI is InChI=1S/C17H14ClN5O/c18-16-21-9-8-15(23-16)24-14-3-1-2-12(10-14)11-4-6-13(7-5-11)22-17(19)20/h1-10H,(H4,19,20,22). The summed E-state index contributed by atoms with van der Waals surface area (Å²) in [5, 5.41) is 0.138. The van der Waals surface area contributed by atoms with Crippen LogP contribution in [-0.4, -0.2) is 15.9 Å². The van der Waals surface area contributed by atoms with Crippen molar-refractivity contribution < 1.29 is 4.74 Å². The predicted molar refractivity (Wildman–Crippen MR) is 94.5 cm³/mol. The Morgan fingerprint density at radius 3 is 2.50 bits per heavy atom. The minimum atomic E-state index is 0.0293. The summed E-state index contributed by atoms with van der Waals surface area (Å²) in [4.78, 5) is 11.8. The second kappa shape index (κ2) is 6.97. The Balaban J connectivity index is 1.83. The Bertz CT molecular complexity index is 876. The van der Waals surface area contributed by atoms with Crippen LogP contribution in [0.1, 0.15) is 0 Å². The number of hydrogen-bond acceptors (Lipinski definition) is 4. The molecule has 0 aliphatic carbocycles. The summed E-state index contributed by atoms with van der Waals surface area (Å²) < 4.78 is 5.71. The van der Waals surface area contributed by atoms with E-state index in [0.29, 0.717) is 17.3 Å². The monoisotopic (exact) mass is 339 g/mol. The number of nitrogens with zero attached hydrogens (tertiary/aromatic N) is 3. The maximum absolute atomic E-state index is 5.76. The van der Waals surface area contributed by atoms with Gasteiger partial charge in [0.25, 0.3) is 0 Å². The fourth-order valence-electron chi connectivity index (χ4n) is 2.11. The second-order valence-electron chi connectivity index (χ2n) is 4.88. The molecule has 3 rings (SSSR count). The van der Waals surface area contributed by atoms with Gasteiger partial charge in [0.1, 0.15) is 5.75 Å². The first-order chi connectivity index (χ1) is 11.6. The summed E-state index contributed by atoms with van der Waals surface area (Å²) in [6.45, 7) is 0. The molecular formula is C17H14ClN5O. The van der Waals surface area contributed by atoms with Crippen molar-refractivity contribution in [3.05, 3.63) is 66.1 Å². The summed E-state index contributed by atoms with van der Waals surface area (Å²) in [6, 6.07) is 16.8. The minimum absolute atomic E-state index is 0.0293. The van der Waals surface area contributed by atoms with Gasteiger partial charge in [-0.05, 0) is 47.0 Å². The lowest BCUT2D eigenvalue weighted by molar-refractivity contribution is 0.462. The zero-order valence-electron chi connectivity index (χ0n) is 12.6. The molecule has 24 heavy (non-hydrogen) atoms. The third-order valence-electron chi connectivity index (χ3n) is 3.12. The molecule has 6 nitrogen and oxygen atoms in total. The maximum atomic E-state index is 5.76. The van der Waals surface area contributed by atoms with Crippen molar-refractivity contribution in [1.82, 2.24) is 9.97 Å². The van der Waals surface area contributed by atoms with Gasteiger partial charge in [-0.3, -0.25) is 0 Å². The van der Waals surface area contributed by atoms with Crippen LogP contribution >= 0.6 is 11.6 Å². The van der Waals surface area contributed by atoms with E-state index < -0.39 is 0 Å². The van der Waals surface area contributed by atoms with E-state index in [1.165, 1.54) is 6.20 Å². The fourth-order valence-corrected chi connectivity index (χ4v) is 2.25. The quantitative estimate of drug-likeness (QED) is 0.430. The van der Waals surface area contributed by atoms with E-state index in [4.69, 9.17) is 27.8 Å². The van der Waals surface area contributed by atoms with Crippen molar-refractivity contribution in [3.63, 3.8) is 0 Å². The summed E-state index contributed by atoms with van der Waals surface area (Å²) in [6.07, 6.45) is 1.54. The van der Waals surface area contributed by atoms with Crippen molar-refractivity contribution >= 4 is 23.2 Å². The Morgan fingerprint density at radius 1 is 1.00 bits per heavy atom. The van der Waals surface area contributed by atoms with Crippen molar-refractivity contribution in [2.45, 2.75) is 0 Å². The average Bonchev–Trinajstić information content (AvgIpc) is 2.55. The zero-order valence-corrected chi connectivity index (χ0v) is 13.3. The van der Waals surface area contributed by atoms with E-state index in [9.17, 15) is 0 Å². The first-order valence-electron chi connectivity index (χ1n) is 7.07. The summed E-state index contributed by atoms with van der Waals surface area (Å²) >= 11 is 5.76. The topological polar surface area (TPSA) is 99.4 Å². The molecule has 0 radical (unpaired) electrons. The summed E-state index contributed by atoms with van der Waals surface area (Å²) in [5.74, 6) is 1.06. The highest BCUT2D eigenvalue weighted by Crippen LogP contribution is 2.28. The number of guanidine groups is 1. The number of aliphatic imine (C=N–C) groups is 1. The predicted octanol–water partition coefficient (Wildman–Crippen LogP) is 3.49. The van der Waals surface area contributed by atoms with Gasteiger partial charge in [0.2, 0.25) is 11.2 Å². The molecule has 1 heterocycles. The molecule has 2 aromatic carbocycles. The Morgan fingerprint density at radius 2 is 1.79 bits per heavy atom. The maximum Gasteiger partial charge on any atom is 0.225 e. The average molecular weight is 340 g/mol. The van der Waals surface area contributed by atoms with E-state index in [2.05, 4.69) is 15.0 Å². The fraction of sp³-hybridized carbons (Fsp3) is 0. The van der Waals surface area contributed by atoms with Crippen LogP contribution in [0.3, 0.4) is 0 Å². The van der Waals surface area contributed by atoms with E-state index >= 15 is 0 Å². The molecule has 1 aromatic heterocycles. The normalized spacial score (nSPS) is 10.2. The van der Waals surface area contributed by atoms with Crippen LogP contribution in [0.5, 0.6) is 11.6 Å². The number of aromatic nitrogens is 2. The van der Waals surface area contributed by atoms with Crippen LogP contribution in [0.4, 0.5) is 5.69 Å². The number of hydrogen-bond donors (Lipinski definition) is 2. The third-order valence-corrected chi connectivity index (χ3v) is 3.30. The molecule has 3 aromatic rings. The van der Waals surface area contributed by atoms with Crippen LogP contribution in [0.25, 0.3) is 11.1 Å². The highest BCUT2D eigenvalue weighted by molar-refractivity contribution is 6.28. The number of ether oxygens (including phenoxy) is 1. The minimum Gasteiger partial charge on any atom is -0.439 e. The first-order valence-corrected chi connectivity index (χ1v) is 7.44. The van der Waals surface area contributed by atoms with Crippen LogP contribution in [0.2, 0.25) is 5.28 Å². The van der Waals surface area contributed by atoms with Gasteiger partial charge in [0.15, 0.2) is 5.96 Å². The second-order valence-corrected chi connectivity index (χ2v) is 5.22. The Kier molecular flexibility index (Phi) is 4.58. The molecule has 120 valence electrons. The van der Waals surface area contributed by atoms with Gasteiger partial charge in [-0.25, -0.2) is 9.98 Å². The Hall–Kier alpha value is -3.12. The van der Waals surface area contributed by atoms with Crippen LogP contribution in [0.15, 0.2) is 65.8 Å². The molecule has 0 bridgehead atoms. The van der Waals surface area contributed by atoms with Gasteiger partial charge in [0, 0.05) is 12.3 Å². The van der Waals surface area contributed by atoms with Gasteiger partial charge >= 0.3 is 0 Å². The van der Waals surface area contributed by atoms with Crippen molar-refractivity contribution in [2.24, 2.45) is 16.5 Å². The smallest absolute Gasteiger partial charge is 0.225 e. The molecule has 0 unspecified atom stereocenters.